The Kier molecular flexibility index (Phi) is 5.21. The second-order valence-electron chi connectivity index (χ2n) is 7.85. The van der Waals surface area contributed by atoms with Crippen LogP contribution in [0.3, 0.4) is 0 Å². The van der Waals surface area contributed by atoms with Crippen LogP contribution in [-0.2, 0) is 7.05 Å². The van der Waals surface area contributed by atoms with Crippen LogP contribution in [0.2, 0.25) is 0 Å². The lowest BCUT2D eigenvalue weighted by Gasteiger charge is -2.16. The fourth-order valence-corrected chi connectivity index (χ4v) is 4.20. The van der Waals surface area contributed by atoms with Gasteiger partial charge >= 0.3 is 0 Å². The molecule has 0 N–H and O–H groups in total. The van der Waals surface area contributed by atoms with Gasteiger partial charge in [-0.05, 0) is 71.8 Å². The molecule has 0 unspecified atom stereocenters. The van der Waals surface area contributed by atoms with Gasteiger partial charge in [0, 0.05) is 12.1 Å². The molecule has 0 aliphatic carbocycles. The molecule has 0 fully saturated rings. The van der Waals surface area contributed by atoms with Crippen molar-refractivity contribution in [2.75, 3.05) is 0 Å². The summed E-state index contributed by atoms with van der Waals surface area (Å²) in [6.07, 6.45) is 2.14. The van der Waals surface area contributed by atoms with Crippen LogP contribution in [-0.4, -0.2) is 0 Å². The summed E-state index contributed by atoms with van der Waals surface area (Å²) in [6, 6.07) is 27.5. The zero-order chi connectivity index (χ0) is 21.3. The quantitative estimate of drug-likeness (QED) is 0.377. The van der Waals surface area contributed by atoms with Gasteiger partial charge in [0.2, 0.25) is 5.69 Å². The van der Waals surface area contributed by atoms with E-state index in [9.17, 15) is 5.26 Å². The number of rotatable bonds is 3. The molecule has 1 heterocycles. The Morgan fingerprint density at radius 2 is 1.47 bits per heavy atom. The van der Waals surface area contributed by atoms with Crippen molar-refractivity contribution in [1.29, 1.82) is 5.26 Å². The van der Waals surface area contributed by atoms with Gasteiger partial charge in [-0.2, -0.15) is 5.26 Å². The van der Waals surface area contributed by atoms with E-state index in [0.29, 0.717) is 5.56 Å². The van der Waals surface area contributed by atoms with Gasteiger partial charge in [0.05, 0.1) is 17.2 Å². The SMILES string of the molecule is Cc1cc(C#N)ccc1-c1ccc(C)c(-c2cc(-c3ccccc3)cc[n+]2C)c1C. The van der Waals surface area contributed by atoms with Gasteiger partial charge in [-0.3, -0.25) is 0 Å². The molecule has 4 rings (SSSR count). The van der Waals surface area contributed by atoms with E-state index in [2.05, 4.69) is 99.2 Å². The second kappa shape index (κ2) is 7.97. The first-order valence-electron chi connectivity index (χ1n) is 10.2. The van der Waals surface area contributed by atoms with Crippen molar-refractivity contribution in [3.63, 3.8) is 0 Å². The highest BCUT2D eigenvalue weighted by Gasteiger charge is 2.19. The van der Waals surface area contributed by atoms with Gasteiger partial charge < -0.3 is 0 Å². The predicted molar refractivity (Wildman–Crippen MR) is 123 cm³/mol. The molecule has 146 valence electrons. The molecule has 2 heteroatoms. The maximum Gasteiger partial charge on any atom is 0.213 e. The molecule has 0 saturated carbocycles. The van der Waals surface area contributed by atoms with Crippen LogP contribution in [0.15, 0.2) is 79.0 Å². The Balaban J connectivity index is 1.91. The van der Waals surface area contributed by atoms with Crippen molar-refractivity contribution in [3.05, 3.63) is 101 Å². The monoisotopic (exact) mass is 389 g/mol. The van der Waals surface area contributed by atoms with Gasteiger partial charge in [-0.1, -0.05) is 48.5 Å². The van der Waals surface area contributed by atoms with E-state index >= 15 is 0 Å². The van der Waals surface area contributed by atoms with Crippen molar-refractivity contribution in [3.8, 4) is 39.6 Å². The first kappa shape index (κ1) is 19.6. The van der Waals surface area contributed by atoms with Crippen molar-refractivity contribution in [1.82, 2.24) is 0 Å². The Morgan fingerprint density at radius 1 is 0.733 bits per heavy atom. The standard InChI is InChI=1S/C28H25N2/c1-19-10-12-26(25-13-11-22(18-29)16-20(25)2)21(3)28(19)27-17-24(14-15-30(27)4)23-8-6-5-7-9-23/h5-17H,1-4H3/q+1. The zero-order valence-corrected chi connectivity index (χ0v) is 17.9. The van der Waals surface area contributed by atoms with Crippen molar-refractivity contribution < 1.29 is 4.57 Å². The fourth-order valence-electron chi connectivity index (χ4n) is 4.20. The molecule has 4 aromatic rings. The Hall–Kier alpha value is -3.70. The van der Waals surface area contributed by atoms with Crippen LogP contribution in [0.5, 0.6) is 0 Å². The maximum absolute atomic E-state index is 9.20. The molecule has 0 radical (unpaired) electrons. The minimum Gasteiger partial charge on any atom is -0.201 e. The summed E-state index contributed by atoms with van der Waals surface area (Å²) >= 11 is 0. The molecule has 0 amide bonds. The molecule has 1 aromatic heterocycles. The summed E-state index contributed by atoms with van der Waals surface area (Å²) in [4.78, 5) is 0. The third kappa shape index (κ3) is 3.51. The number of aromatic nitrogens is 1. The minimum absolute atomic E-state index is 0.697. The summed E-state index contributed by atoms with van der Waals surface area (Å²) in [6.45, 7) is 6.45. The van der Waals surface area contributed by atoms with Crippen LogP contribution in [0.4, 0.5) is 0 Å². The van der Waals surface area contributed by atoms with E-state index in [0.717, 1.165) is 5.56 Å². The third-order valence-electron chi connectivity index (χ3n) is 5.83. The topological polar surface area (TPSA) is 27.7 Å². The number of nitriles is 1. The minimum atomic E-state index is 0.697. The molecule has 0 aliphatic rings. The highest BCUT2D eigenvalue weighted by molar-refractivity contribution is 5.81. The lowest BCUT2D eigenvalue weighted by molar-refractivity contribution is -0.660. The molecule has 0 spiro atoms. The van der Waals surface area contributed by atoms with Crippen molar-refractivity contribution >= 4 is 0 Å². The summed E-state index contributed by atoms with van der Waals surface area (Å²) in [5, 5.41) is 9.20. The lowest BCUT2D eigenvalue weighted by atomic mass is 9.88. The maximum atomic E-state index is 9.20. The second-order valence-corrected chi connectivity index (χ2v) is 7.85. The van der Waals surface area contributed by atoms with Crippen molar-refractivity contribution in [2.24, 2.45) is 7.05 Å². The number of hydrogen-bond donors (Lipinski definition) is 0. The third-order valence-corrected chi connectivity index (χ3v) is 5.83. The number of benzene rings is 3. The number of hydrogen-bond acceptors (Lipinski definition) is 1. The molecule has 0 atom stereocenters. The molecule has 0 bridgehead atoms. The van der Waals surface area contributed by atoms with E-state index in [1.54, 1.807) is 0 Å². The van der Waals surface area contributed by atoms with Crippen LogP contribution >= 0.6 is 0 Å². The predicted octanol–water partition coefficient (Wildman–Crippen LogP) is 6.31. The van der Waals surface area contributed by atoms with Crippen LogP contribution in [0, 0.1) is 32.1 Å². The van der Waals surface area contributed by atoms with E-state index < -0.39 is 0 Å². The average Bonchev–Trinajstić information content (AvgIpc) is 2.76. The van der Waals surface area contributed by atoms with E-state index in [1.165, 1.54) is 44.6 Å². The largest absolute Gasteiger partial charge is 0.213 e. The van der Waals surface area contributed by atoms with Crippen LogP contribution in [0.25, 0.3) is 33.5 Å². The lowest BCUT2D eigenvalue weighted by Crippen LogP contribution is -2.30. The summed E-state index contributed by atoms with van der Waals surface area (Å²) in [7, 11) is 2.10. The van der Waals surface area contributed by atoms with Crippen LogP contribution < -0.4 is 4.57 Å². The van der Waals surface area contributed by atoms with Gasteiger partial charge in [0.25, 0.3) is 0 Å². The smallest absolute Gasteiger partial charge is 0.201 e. The van der Waals surface area contributed by atoms with Crippen LogP contribution in [0.1, 0.15) is 22.3 Å². The first-order valence-corrected chi connectivity index (χ1v) is 10.2. The first-order chi connectivity index (χ1) is 14.5. The van der Waals surface area contributed by atoms with E-state index in [1.807, 2.05) is 18.2 Å². The van der Waals surface area contributed by atoms with Gasteiger partial charge in [-0.15, -0.1) is 0 Å². The van der Waals surface area contributed by atoms with E-state index in [4.69, 9.17) is 0 Å². The Morgan fingerprint density at radius 3 is 2.17 bits per heavy atom. The fraction of sp³-hybridized carbons (Fsp3) is 0.143. The molecular weight excluding hydrogens is 364 g/mol. The summed E-state index contributed by atoms with van der Waals surface area (Å²) in [5.41, 5.74) is 11.6. The van der Waals surface area contributed by atoms with E-state index in [-0.39, 0.29) is 0 Å². The zero-order valence-electron chi connectivity index (χ0n) is 17.9. The molecule has 30 heavy (non-hydrogen) atoms. The normalized spacial score (nSPS) is 10.6. The highest BCUT2D eigenvalue weighted by atomic mass is 14.9. The van der Waals surface area contributed by atoms with Gasteiger partial charge in [-0.25, -0.2) is 4.57 Å². The Bertz CT molecular complexity index is 1280. The molecule has 0 saturated heterocycles. The van der Waals surface area contributed by atoms with Gasteiger partial charge in [0.15, 0.2) is 6.20 Å². The highest BCUT2D eigenvalue weighted by Crippen LogP contribution is 2.35. The van der Waals surface area contributed by atoms with Gasteiger partial charge in [0.1, 0.15) is 7.05 Å². The van der Waals surface area contributed by atoms with Crippen molar-refractivity contribution in [2.45, 2.75) is 20.8 Å². The average molecular weight is 390 g/mol. The number of aryl methyl sites for hydroxylation is 3. The molecular formula is C28H25N2+. The molecule has 2 nitrogen and oxygen atoms in total. The summed E-state index contributed by atoms with van der Waals surface area (Å²) in [5.74, 6) is 0. The molecule has 3 aromatic carbocycles. The summed E-state index contributed by atoms with van der Waals surface area (Å²) < 4.78 is 2.19. The Labute approximate surface area is 178 Å². The number of nitrogens with zero attached hydrogens (tertiary/aromatic N) is 2. The molecule has 0 aliphatic heterocycles. The number of pyridine rings is 1.